The first-order valence-electron chi connectivity index (χ1n) is 7.82. The molecule has 0 aliphatic rings. The van der Waals surface area contributed by atoms with E-state index in [1.807, 2.05) is 6.07 Å². The molecule has 0 amide bonds. The lowest BCUT2D eigenvalue weighted by atomic mass is 9.97. The van der Waals surface area contributed by atoms with Crippen molar-refractivity contribution in [3.8, 4) is 22.3 Å². The van der Waals surface area contributed by atoms with Gasteiger partial charge >= 0.3 is 0 Å². The van der Waals surface area contributed by atoms with Crippen LogP contribution in [0.4, 0.5) is 0 Å². The molecule has 0 spiro atoms. The summed E-state index contributed by atoms with van der Waals surface area (Å²) in [5.74, 6) is 0. The average molecular weight is 287 g/mol. The van der Waals surface area contributed by atoms with Gasteiger partial charge in [0.2, 0.25) is 0 Å². The van der Waals surface area contributed by atoms with Crippen molar-refractivity contribution in [3.63, 3.8) is 0 Å². The quantitative estimate of drug-likeness (QED) is 0.708. The molecule has 0 aliphatic carbocycles. The molecule has 2 N–H and O–H groups in total. The van der Waals surface area contributed by atoms with Gasteiger partial charge in [0.15, 0.2) is 0 Å². The Labute approximate surface area is 132 Å². The summed E-state index contributed by atoms with van der Waals surface area (Å²) in [5, 5.41) is 0. The molecule has 1 heteroatoms. The van der Waals surface area contributed by atoms with E-state index < -0.39 is 0 Å². The van der Waals surface area contributed by atoms with Gasteiger partial charge in [0, 0.05) is 0 Å². The number of hydrogen-bond acceptors (Lipinski definition) is 1. The Morgan fingerprint density at radius 3 is 1.91 bits per heavy atom. The Morgan fingerprint density at radius 2 is 1.18 bits per heavy atom. The van der Waals surface area contributed by atoms with Crippen molar-refractivity contribution in [2.24, 2.45) is 5.73 Å². The van der Waals surface area contributed by atoms with Gasteiger partial charge in [-0.2, -0.15) is 0 Å². The lowest BCUT2D eigenvalue weighted by Crippen LogP contribution is -2.00. The van der Waals surface area contributed by atoms with E-state index >= 15 is 0 Å². The summed E-state index contributed by atoms with van der Waals surface area (Å²) in [7, 11) is 0. The smallest absolute Gasteiger partial charge is 0.00741 e. The van der Waals surface area contributed by atoms with Crippen LogP contribution in [0.25, 0.3) is 22.3 Å². The standard InChI is InChI=1S/C21H21N/c22-14-6-8-17-7-4-11-19(15-17)21-13-5-12-20(16-21)18-9-2-1-3-10-18/h1-5,7,9-13,15-16H,6,8,14,22H2. The number of hydrogen-bond donors (Lipinski definition) is 1. The second-order valence-electron chi connectivity index (χ2n) is 5.54. The molecular weight excluding hydrogens is 266 g/mol. The lowest BCUT2D eigenvalue weighted by molar-refractivity contribution is 0.833. The molecule has 0 bridgehead atoms. The zero-order valence-corrected chi connectivity index (χ0v) is 12.7. The first-order chi connectivity index (χ1) is 10.9. The second kappa shape index (κ2) is 7.06. The Balaban J connectivity index is 1.92. The summed E-state index contributed by atoms with van der Waals surface area (Å²) in [5.41, 5.74) is 12.0. The van der Waals surface area contributed by atoms with E-state index in [4.69, 9.17) is 5.73 Å². The zero-order chi connectivity index (χ0) is 15.2. The van der Waals surface area contributed by atoms with Gasteiger partial charge in [-0.15, -0.1) is 0 Å². The van der Waals surface area contributed by atoms with Gasteiger partial charge in [0.25, 0.3) is 0 Å². The molecule has 3 aromatic rings. The monoisotopic (exact) mass is 287 g/mol. The minimum absolute atomic E-state index is 0.744. The van der Waals surface area contributed by atoms with Crippen LogP contribution in [0, 0.1) is 0 Å². The lowest BCUT2D eigenvalue weighted by Gasteiger charge is -2.08. The van der Waals surface area contributed by atoms with Crippen LogP contribution in [0.3, 0.4) is 0 Å². The van der Waals surface area contributed by atoms with Gasteiger partial charge in [-0.05, 0) is 53.3 Å². The number of nitrogens with two attached hydrogens (primary N) is 1. The van der Waals surface area contributed by atoms with E-state index in [0.717, 1.165) is 19.4 Å². The summed E-state index contributed by atoms with van der Waals surface area (Å²) in [6, 6.07) is 28.0. The summed E-state index contributed by atoms with van der Waals surface area (Å²) in [6.45, 7) is 0.744. The number of aryl methyl sites for hydroxylation is 1. The Bertz CT molecular complexity index is 732. The van der Waals surface area contributed by atoms with Crippen molar-refractivity contribution in [1.29, 1.82) is 0 Å². The van der Waals surface area contributed by atoms with Crippen molar-refractivity contribution >= 4 is 0 Å². The molecule has 3 rings (SSSR count). The van der Waals surface area contributed by atoms with Crippen molar-refractivity contribution in [2.75, 3.05) is 6.54 Å². The van der Waals surface area contributed by atoms with Crippen LogP contribution in [0.2, 0.25) is 0 Å². The SMILES string of the molecule is NCCCc1cccc(-c2cccc(-c3ccccc3)c2)c1. The maximum Gasteiger partial charge on any atom is -0.00741 e. The normalized spacial score (nSPS) is 10.6. The first-order valence-corrected chi connectivity index (χ1v) is 7.82. The third-order valence-electron chi connectivity index (χ3n) is 3.90. The summed E-state index contributed by atoms with van der Waals surface area (Å²) in [4.78, 5) is 0. The fraction of sp³-hybridized carbons (Fsp3) is 0.143. The van der Waals surface area contributed by atoms with Crippen LogP contribution in [-0.4, -0.2) is 6.54 Å². The molecule has 0 radical (unpaired) electrons. The van der Waals surface area contributed by atoms with Gasteiger partial charge in [-0.1, -0.05) is 72.8 Å². The minimum Gasteiger partial charge on any atom is -0.330 e. The molecule has 3 aromatic carbocycles. The largest absolute Gasteiger partial charge is 0.330 e. The van der Waals surface area contributed by atoms with E-state index in [9.17, 15) is 0 Å². The van der Waals surface area contributed by atoms with Crippen LogP contribution >= 0.6 is 0 Å². The maximum absolute atomic E-state index is 5.61. The van der Waals surface area contributed by atoms with Crippen LogP contribution in [0.1, 0.15) is 12.0 Å². The van der Waals surface area contributed by atoms with Gasteiger partial charge in [-0.3, -0.25) is 0 Å². The van der Waals surface area contributed by atoms with Crippen LogP contribution in [0.5, 0.6) is 0 Å². The second-order valence-corrected chi connectivity index (χ2v) is 5.54. The molecule has 0 unspecified atom stereocenters. The highest BCUT2D eigenvalue weighted by Gasteiger charge is 2.02. The molecule has 0 aromatic heterocycles. The first kappa shape index (κ1) is 14.6. The van der Waals surface area contributed by atoms with Crippen molar-refractivity contribution in [2.45, 2.75) is 12.8 Å². The summed E-state index contributed by atoms with van der Waals surface area (Å²) >= 11 is 0. The highest BCUT2D eigenvalue weighted by Crippen LogP contribution is 2.27. The van der Waals surface area contributed by atoms with Crippen LogP contribution in [-0.2, 0) is 6.42 Å². The number of rotatable bonds is 5. The predicted molar refractivity (Wildman–Crippen MR) is 94.7 cm³/mol. The van der Waals surface area contributed by atoms with E-state index in [1.165, 1.54) is 27.8 Å². The zero-order valence-electron chi connectivity index (χ0n) is 12.7. The highest BCUT2D eigenvalue weighted by molar-refractivity contribution is 5.73. The van der Waals surface area contributed by atoms with Crippen LogP contribution in [0.15, 0.2) is 78.9 Å². The average Bonchev–Trinajstić information content (AvgIpc) is 2.61. The van der Waals surface area contributed by atoms with Crippen molar-refractivity contribution < 1.29 is 0 Å². The van der Waals surface area contributed by atoms with E-state index in [1.54, 1.807) is 0 Å². The Morgan fingerprint density at radius 1 is 0.591 bits per heavy atom. The molecule has 110 valence electrons. The molecule has 0 aliphatic heterocycles. The topological polar surface area (TPSA) is 26.0 Å². The van der Waals surface area contributed by atoms with Gasteiger partial charge in [0.05, 0.1) is 0 Å². The third kappa shape index (κ3) is 3.44. The fourth-order valence-corrected chi connectivity index (χ4v) is 2.72. The van der Waals surface area contributed by atoms with E-state index in [0.29, 0.717) is 0 Å². The van der Waals surface area contributed by atoms with Gasteiger partial charge < -0.3 is 5.73 Å². The maximum atomic E-state index is 5.61. The highest BCUT2D eigenvalue weighted by atomic mass is 14.5. The molecule has 1 nitrogen and oxygen atoms in total. The van der Waals surface area contributed by atoms with Gasteiger partial charge in [0.1, 0.15) is 0 Å². The molecule has 0 heterocycles. The molecule has 0 saturated heterocycles. The summed E-state index contributed by atoms with van der Waals surface area (Å²) < 4.78 is 0. The van der Waals surface area contributed by atoms with Crippen molar-refractivity contribution in [1.82, 2.24) is 0 Å². The molecule has 0 saturated carbocycles. The van der Waals surface area contributed by atoms with E-state index in [-0.39, 0.29) is 0 Å². The molecule has 0 fully saturated rings. The minimum atomic E-state index is 0.744. The summed E-state index contributed by atoms with van der Waals surface area (Å²) in [6.07, 6.45) is 2.08. The number of benzene rings is 3. The van der Waals surface area contributed by atoms with E-state index in [2.05, 4.69) is 72.8 Å². The fourth-order valence-electron chi connectivity index (χ4n) is 2.72. The molecule has 0 atom stereocenters. The molecular formula is C21H21N. The third-order valence-corrected chi connectivity index (χ3v) is 3.90. The molecule has 22 heavy (non-hydrogen) atoms. The Hall–Kier alpha value is -2.38. The van der Waals surface area contributed by atoms with Gasteiger partial charge in [-0.25, -0.2) is 0 Å². The van der Waals surface area contributed by atoms with Crippen molar-refractivity contribution in [3.05, 3.63) is 84.4 Å². The Kier molecular flexibility index (Phi) is 4.67. The predicted octanol–water partition coefficient (Wildman–Crippen LogP) is 4.91. The van der Waals surface area contributed by atoms with Crippen LogP contribution < -0.4 is 5.73 Å².